The van der Waals surface area contributed by atoms with E-state index in [-0.39, 0.29) is 16.5 Å². The van der Waals surface area contributed by atoms with E-state index in [2.05, 4.69) is 0 Å². The van der Waals surface area contributed by atoms with Crippen molar-refractivity contribution in [1.82, 2.24) is 4.31 Å². The van der Waals surface area contributed by atoms with Crippen molar-refractivity contribution in [3.63, 3.8) is 0 Å². The van der Waals surface area contributed by atoms with Gasteiger partial charge in [0.05, 0.1) is 5.02 Å². The lowest BCUT2D eigenvalue weighted by molar-refractivity contribution is -0.146. The van der Waals surface area contributed by atoms with Crippen LogP contribution in [0, 0.1) is 0 Å². The van der Waals surface area contributed by atoms with Gasteiger partial charge in [-0.15, -0.1) is 0 Å². The van der Waals surface area contributed by atoms with E-state index in [9.17, 15) is 18.3 Å². The van der Waals surface area contributed by atoms with E-state index in [1.54, 1.807) is 19.1 Å². The number of carboxylic acids is 1. The van der Waals surface area contributed by atoms with Crippen LogP contribution in [0.3, 0.4) is 0 Å². The Morgan fingerprint density at radius 2 is 1.89 bits per heavy atom. The van der Waals surface area contributed by atoms with Gasteiger partial charge in [0.25, 0.3) is 0 Å². The van der Waals surface area contributed by atoms with Gasteiger partial charge in [-0.05, 0) is 26.0 Å². The summed E-state index contributed by atoms with van der Waals surface area (Å²) < 4.78 is 25.9. The molecule has 106 valence electrons. The highest BCUT2D eigenvalue weighted by Crippen LogP contribution is 2.29. The number of aliphatic carboxylic acids is 1. The molecule has 0 amide bonds. The molecular formula is C12H16ClNO4S. The molecule has 7 heteroatoms. The van der Waals surface area contributed by atoms with E-state index < -0.39 is 21.5 Å². The van der Waals surface area contributed by atoms with Crippen molar-refractivity contribution >= 4 is 27.6 Å². The Balaban J connectivity index is 3.41. The average Bonchev–Trinajstić information content (AvgIpc) is 2.29. The maximum Gasteiger partial charge on any atom is 0.324 e. The summed E-state index contributed by atoms with van der Waals surface area (Å²) in [5.41, 5.74) is -1.55. The van der Waals surface area contributed by atoms with Crippen molar-refractivity contribution in [2.24, 2.45) is 0 Å². The van der Waals surface area contributed by atoms with Crippen LogP contribution in [0.4, 0.5) is 0 Å². The van der Waals surface area contributed by atoms with E-state index in [0.29, 0.717) is 0 Å². The molecule has 0 spiro atoms. The molecule has 19 heavy (non-hydrogen) atoms. The topological polar surface area (TPSA) is 74.7 Å². The van der Waals surface area contributed by atoms with Gasteiger partial charge in [-0.25, -0.2) is 8.42 Å². The first-order valence-electron chi connectivity index (χ1n) is 5.66. The van der Waals surface area contributed by atoms with Gasteiger partial charge in [-0.2, -0.15) is 4.31 Å². The van der Waals surface area contributed by atoms with Gasteiger partial charge in [0.2, 0.25) is 10.0 Å². The number of carboxylic acid groups (broad SMARTS) is 1. The molecule has 0 saturated carbocycles. The fourth-order valence-electron chi connectivity index (χ4n) is 1.75. The summed E-state index contributed by atoms with van der Waals surface area (Å²) in [5.74, 6) is -1.22. The maximum absolute atomic E-state index is 12.5. The first kappa shape index (κ1) is 15.9. The molecule has 5 nitrogen and oxygen atoms in total. The molecule has 0 bridgehead atoms. The monoisotopic (exact) mass is 305 g/mol. The average molecular weight is 306 g/mol. The summed E-state index contributed by atoms with van der Waals surface area (Å²) in [4.78, 5) is 11.2. The molecule has 0 unspecified atom stereocenters. The van der Waals surface area contributed by atoms with Crippen LogP contribution in [0.5, 0.6) is 0 Å². The number of sulfonamides is 1. The van der Waals surface area contributed by atoms with Crippen molar-refractivity contribution in [2.75, 3.05) is 6.54 Å². The molecular weight excluding hydrogens is 290 g/mol. The van der Waals surface area contributed by atoms with Crippen LogP contribution < -0.4 is 0 Å². The molecule has 1 aromatic carbocycles. The van der Waals surface area contributed by atoms with E-state index >= 15 is 0 Å². The second-order valence-corrected chi connectivity index (χ2v) is 6.70. The van der Waals surface area contributed by atoms with E-state index in [0.717, 1.165) is 4.31 Å². The van der Waals surface area contributed by atoms with Crippen molar-refractivity contribution in [3.05, 3.63) is 29.3 Å². The Kier molecular flexibility index (Phi) is 4.60. The summed E-state index contributed by atoms with van der Waals surface area (Å²) in [6.07, 6.45) is 0. The molecule has 0 aliphatic rings. The Hall–Kier alpha value is -1.11. The van der Waals surface area contributed by atoms with Gasteiger partial charge in [0, 0.05) is 6.54 Å². The van der Waals surface area contributed by atoms with Crippen LogP contribution in [0.25, 0.3) is 0 Å². The van der Waals surface area contributed by atoms with Crippen LogP contribution in [0.2, 0.25) is 5.02 Å². The predicted octanol–water partition coefficient (Wildman–Crippen LogP) is 2.21. The minimum Gasteiger partial charge on any atom is -0.480 e. The number of nitrogens with zero attached hydrogens (tertiary/aromatic N) is 1. The molecule has 0 saturated heterocycles. The third-order valence-corrected chi connectivity index (χ3v) is 5.49. The summed E-state index contributed by atoms with van der Waals surface area (Å²) in [7, 11) is -3.96. The fourth-order valence-corrected chi connectivity index (χ4v) is 3.99. The summed E-state index contributed by atoms with van der Waals surface area (Å²) in [5, 5.41) is 9.25. The lowest BCUT2D eigenvalue weighted by Gasteiger charge is -2.33. The third-order valence-electron chi connectivity index (χ3n) is 2.84. The van der Waals surface area contributed by atoms with Crippen molar-refractivity contribution in [2.45, 2.75) is 31.2 Å². The van der Waals surface area contributed by atoms with Crippen molar-refractivity contribution in [1.29, 1.82) is 0 Å². The zero-order chi connectivity index (χ0) is 14.8. The Bertz CT molecular complexity index is 583. The number of carbonyl (C=O) groups is 1. The number of benzene rings is 1. The quantitative estimate of drug-likeness (QED) is 0.905. The first-order valence-corrected chi connectivity index (χ1v) is 7.48. The van der Waals surface area contributed by atoms with Crippen LogP contribution in [-0.4, -0.2) is 35.9 Å². The van der Waals surface area contributed by atoms with Gasteiger partial charge in [0.1, 0.15) is 10.4 Å². The Morgan fingerprint density at radius 3 is 2.32 bits per heavy atom. The zero-order valence-corrected chi connectivity index (χ0v) is 12.5. The molecule has 0 heterocycles. The van der Waals surface area contributed by atoms with E-state index in [4.69, 9.17) is 11.6 Å². The highest BCUT2D eigenvalue weighted by Gasteiger charge is 2.42. The van der Waals surface area contributed by atoms with Gasteiger partial charge >= 0.3 is 5.97 Å². The Morgan fingerprint density at radius 1 is 1.37 bits per heavy atom. The van der Waals surface area contributed by atoms with E-state index in [1.807, 2.05) is 0 Å². The van der Waals surface area contributed by atoms with Gasteiger partial charge < -0.3 is 5.11 Å². The standard InChI is InChI=1S/C12H16ClNO4S/c1-4-14(12(2,3)11(15)16)19(17,18)10-8-6-5-7-9(10)13/h5-8H,4H2,1-3H3,(H,15,16). The molecule has 0 fully saturated rings. The van der Waals surface area contributed by atoms with Gasteiger partial charge in [-0.1, -0.05) is 30.7 Å². The molecule has 0 aromatic heterocycles. The van der Waals surface area contributed by atoms with Gasteiger partial charge in [-0.3, -0.25) is 4.79 Å². The molecule has 0 atom stereocenters. The third kappa shape index (κ3) is 2.91. The largest absolute Gasteiger partial charge is 0.480 e. The summed E-state index contributed by atoms with van der Waals surface area (Å²) in [6, 6.07) is 5.97. The number of hydrogen-bond donors (Lipinski definition) is 1. The number of likely N-dealkylation sites (N-methyl/N-ethyl adjacent to an activating group) is 1. The van der Waals surface area contributed by atoms with Crippen LogP contribution in [0.15, 0.2) is 29.2 Å². The lowest BCUT2D eigenvalue weighted by atomic mass is 10.1. The minimum absolute atomic E-state index is 0.0346. The van der Waals surface area contributed by atoms with E-state index in [1.165, 1.54) is 26.0 Å². The minimum atomic E-state index is -3.96. The molecule has 1 rings (SSSR count). The molecule has 1 N–H and O–H groups in total. The SMILES string of the molecule is CCN(C(C)(C)C(=O)O)S(=O)(=O)c1ccccc1Cl. The normalized spacial score (nSPS) is 12.7. The summed E-state index contributed by atoms with van der Waals surface area (Å²) >= 11 is 5.89. The molecule has 0 aliphatic carbocycles. The Labute approximate surface area is 117 Å². The van der Waals surface area contributed by atoms with Crippen molar-refractivity contribution < 1.29 is 18.3 Å². The smallest absolute Gasteiger partial charge is 0.324 e. The highest BCUT2D eigenvalue weighted by atomic mass is 35.5. The predicted molar refractivity (Wildman–Crippen MR) is 72.7 cm³/mol. The maximum atomic E-state index is 12.5. The second-order valence-electron chi connectivity index (χ2n) is 4.46. The van der Waals surface area contributed by atoms with Gasteiger partial charge in [0.15, 0.2) is 0 Å². The van der Waals surface area contributed by atoms with Crippen molar-refractivity contribution in [3.8, 4) is 0 Å². The zero-order valence-electron chi connectivity index (χ0n) is 10.9. The molecule has 0 aliphatic heterocycles. The molecule has 0 radical (unpaired) electrons. The lowest BCUT2D eigenvalue weighted by Crippen LogP contribution is -2.52. The fraction of sp³-hybridized carbons (Fsp3) is 0.417. The van der Waals surface area contributed by atoms with Crippen LogP contribution >= 0.6 is 11.6 Å². The number of hydrogen-bond acceptors (Lipinski definition) is 3. The summed E-state index contributed by atoms with van der Waals surface area (Å²) in [6.45, 7) is 4.30. The second kappa shape index (κ2) is 5.48. The number of rotatable bonds is 5. The highest BCUT2D eigenvalue weighted by molar-refractivity contribution is 7.89. The first-order chi connectivity index (χ1) is 8.65. The number of halogens is 1. The molecule has 1 aromatic rings. The van der Waals surface area contributed by atoms with Crippen LogP contribution in [-0.2, 0) is 14.8 Å². The van der Waals surface area contributed by atoms with Crippen LogP contribution in [0.1, 0.15) is 20.8 Å².